The molecule has 0 aromatic carbocycles. The van der Waals surface area contributed by atoms with E-state index in [-0.39, 0.29) is 13.0 Å². The van der Waals surface area contributed by atoms with E-state index >= 15 is 0 Å². The second-order valence-electron chi connectivity index (χ2n) is 5.41. The van der Waals surface area contributed by atoms with Crippen molar-refractivity contribution in [2.75, 3.05) is 13.1 Å². The number of rotatable bonds is 7. The number of carbonyl (C=O) groups is 3. The number of nitrogens with two attached hydrogens (primary N) is 2. The zero-order valence-electron chi connectivity index (χ0n) is 13.0. The van der Waals surface area contributed by atoms with Crippen LogP contribution in [0.1, 0.15) is 34.5 Å². The number of likely N-dealkylation sites (tertiary alicyclic amines) is 1. The predicted molar refractivity (Wildman–Crippen MR) is 74.4 cm³/mol. The van der Waals surface area contributed by atoms with Gasteiger partial charge in [-0.3, -0.25) is 19.3 Å². The van der Waals surface area contributed by atoms with Crippen LogP contribution >= 0.6 is 0 Å². The van der Waals surface area contributed by atoms with Crippen molar-refractivity contribution < 1.29 is 15.8 Å². The number of amides is 3. The molecule has 1 aliphatic rings. The van der Waals surface area contributed by atoms with Crippen molar-refractivity contribution in [2.24, 2.45) is 17.4 Å². The van der Waals surface area contributed by atoms with Crippen LogP contribution in [0.5, 0.6) is 0 Å². The standard InChI is InChI=1S/C13H24N4O3/c1-8(2)6-10(13(20)16-7-11(14)18)17-5-3-4-9(17)12(15)19/h8-10H,3-7H2,1-2H3,(H2,14,18)(H2,15,19)(H,16,20)/t9?,10-/m0/s1/i8D. The summed E-state index contributed by atoms with van der Waals surface area (Å²) >= 11 is 0. The third-order valence-electron chi connectivity index (χ3n) is 3.36. The molecule has 7 nitrogen and oxygen atoms in total. The zero-order chi connectivity index (χ0) is 16.2. The van der Waals surface area contributed by atoms with Gasteiger partial charge in [-0.15, -0.1) is 0 Å². The fraction of sp³-hybridized carbons (Fsp3) is 0.769. The molecule has 7 heteroatoms. The zero-order valence-corrected chi connectivity index (χ0v) is 12.0. The highest BCUT2D eigenvalue weighted by molar-refractivity contribution is 5.88. The molecule has 1 aliphatic heterocycles. The molecule has 0 aliphatic carbocycles. The van der Waals surface area contributed by atoms with Crippen molar-refractivity contribution >= 4 is 17.7 Å². The molecule has 2 atom stereocenters. The molecule has 5 N–H and O–H groups in total. The smallest absolute Gasteiger partial charge is 0.237 e. The summed E-state index contributed by atoms with van der Waals surface area (Å²) in [6.07, 6.45) is 1.61. The van der Waals surface area contributed by atoms with E-state index in [9.17, 15) is 14.4 Å². The van der Waals surface area contributed by atoms with Crippen molar-refractivity contribution in [3.05, 3.63) is 0 Å². The SMILES string of the molecule is [2H]C(C)(C)C[C@@H](C(=O)NCC(N)=O)N1CCCC1C(N)=O. The lowest BCUT2D eigenvalue weighted by Gasteiger charge is -2.31. The summed E-state index contributed by atoms with van der Waals surface area (Å²) in [5.41, 5.74) is 10.4. The first-order valence-corrected chi connectivity index (χ1v) is 6.73. The molecule has 0 radical (unpaired) electrons. The maximum atomic E-state index is 12.3. The Morgan fingerprint density at radius 1 is 1.40 bits per heavy atom. The van der Waals surface area contributed by atoms with Crippen molar-refractivity contribution in [3.63, 3.8) is 0 Å². The number of nitrogens with zero attached hydrogens (tertiary/aromatic N) is 1. The van der Waals surface area contributed by atoms with Gasteiger partial charge in [0.2, 0.25) is 17.7 Å². The topological polar surface area (TPSA) is 119 Å². The van der Waals surface area contributed by atoms with E-state index in [1.807, 2.05) is 0 Å². The van der Waals surface area contributed by atoms with Crippen LogP contribution in [0, 0.1) is 5.89 Å². The third kappa shape index (κ3) is 4.48. The fourth-order valence-corrected chi connectivity index (χ4v) is 2.51. The van der Waals surface area contributed by atoms with Gasteiger partial charge in [-0.1, -0.05) is 13.8 Å². The minimum atomic E-state index is -0.848. The molecule has 0 spiro atoms. The second-order valence-corrected chi connectivity index (χ2v) is 5.41. The Kier molecular flexibility index (Phi) is 5.34. The van der Waals surface area contributed by atoms with Crippen molar-refractivity contribution in [3.8, 4) is 0 Å². The summed E-state index contributed by atoms with van der Waals surface area (Å²) in [6.45, 7) is 3.69. The molecule has 1 unspecified atom stereocenters. The highest BCUT2D eigenvalue weighted by Gasteiger charge is 2.37. The van der Waals surface area contributed by atoms with Crippen LogP contribution < -0.4 is 16.8 Å². The van der Waals surface area contributed by atoms with Crippen molar-refractivity contribution in [1.29, 1.82) is 0 Å². The molecule has 1 rings (SSSR count). The molecule has 1 fully saturated rings. The lowest BCUT2D eigenvalue weighted by molar-refractivity contribution is -0.132. The lowest BCUT2D eigenvalue weighted by Crippen LogP contribution is -2.53. The van der Waals surface area contributed by atoms with Gasteiger partial charge in [0, 0.05) is 1.37 Å². The van der Waals surface area contributed by atoms with Gasteiger partial charge in [-0.05, 0) is 31.7 Å². The Labute approximate surface area is 120 Å². The Hall–Kier alpha value is -1.63. The fourth-order valence-electron chi connectivity index (χ4n) is 2.51. The van der Waals surface area contributed by atoms with Crippen LogP contribution in [0.25, 0.3) is 0 Å². The van der Waals surface area contributed by atoms with Crippen molar-refractivity contribution in [2.45, 2.75) is 45.2 Å². The summed E-state index contributed by atoms with van der Waals surface area (Å²) < 4.78 is 7.99. The first-order valence-electron chi connectivity index (χ1n) is 7.23. The number of carbonyl (C=O) groups excluding carboxylic acids is 3. The monoisotopic (exact) mass is 285 g/mol. The van der Waals surface area contributed by atoms with E-state index in [2.05, 4.69) is 5.32 Å². The third-order valence-corrected chi connectivity index (χ3v) is 3.36. The van der Waals surface area contributed by atoms with Gasteiger partial charge in [0.05, 0.1) is 18.6 Å². The van der Waals surface area contributed by atoms with Crippen LogP contribution in [0.15, 0.2) is 0 Å². The molecule has 1 heterocycles. The Bertz CT molecular complexity index is 422. The number of primary amides is 2. The molecular weight excluding hydrogens is 260 g/mol. The number of nitrogens with one attached hydrogen (secondary N) is 1. The lowest BCUT2D eigenvalue weighted by atomic mass is 10.0. The first kappa shape index (κ1) is 14.8. The largest absolute Gasteiger partial charge is 0.368 e. The predicted octanol–water partition coefficient (Wildman–Crippen LogP) is -1.05. The maximum absolute atomic E-state index is 12.3. The summed E-state index contributed by atoms with van der Waals surface area (Å²) in [7, 11) is 0. The highest BCUT2D eigenvalue weighted by Crippen LogP contribution is 2.23. The normalized spacial score (nSPS) is 22.1. The molecule has 20 heavy (non-hydrogen) atoms. The number of hydrogen-bond acceptors (Lipinski definition) is 4. The van der Waals surface area contributed by atoms with E-state index in [1.165, 1.54) is 0 Å². The minimum absolute atomic E-state index is 0.237. The van der Waals surface area contributed by atoms with Crippen LogP contribution in [0.4, 0.5) is 0 Å². The van der Waals surface area contributed by atoms with Gasteiger partial charge in [-0.25, -0.2) is 0 Å². The van der Waals surface area contributed by atoms with Gasteiger partial charge < -0.3 is 16.8 Å². The molecule has 0 aromatic rings. The van der Waals surface area contributed by atoms with Gasteiger partial charge in [0.25, 0.3) is 0 Å². The van der Waals surface area contributed by atoms with Gasteiger partial charge in [0.15, 0.2) is 0 Å². The van der Waals surface area contributed by atoms with E-state index in [0.717, 1.165) is 6.42 Å². The van der Waals surface area contributed by atoms with Crippen LogP contribution in [0.3, 0.4) is 0 Å². The number of hydrogen-bond donors (Lipinski definition) is 3. The first-order chi connectivity index (χ1) is 9.61. The molecule has 1 saturated heterocycles. The second kappa shape index (κ2) is 7.23. The molecule has 114 valence electrons. The van der Waals surface area contributed by atoms with E-state index in [0.29, 0.717) is 13.0 Å². The van der Waals surface area contributed by atoms with Crippen LogP contribution in [-0.4, -0.2) is 47.8 Å². The van der Waals surface area contributed by atoms with Crippen LogP contribution in [0.2, 0.25) is 0 Å². The summed E-state index contributed by atoms with van der Waals surface area (Å²) in [5, 5.41) is 2.45. The maximum Gasteiger partial charge on any atom is 0.237 e. The van der Waals surface area contributed by atoms with Gasteiger partial charge >= 0.3 is 0 Å². The van der Waals surface area contributed by atoms with Crippen molar-refractivity contribution in [1.82, 2.24) is 10.2 Å². The highest BCUT2D eigenvalue weighted by atomic mass is 16.2. The Balaban J connectivity index is 2.88. The quantitative estimate of drug-likeness (QED) is 0.553. The van der Waals surface area contributed by atoms with E-state index < -0.39 is 35.7 Å². The molecule has 0 aromatic heterocycles. The average Bonchev–Trinajstić information content (AvgIpc) is 2.80. The molecule has 0 saturated carbocycles. The van der Waals surface area contributed by atoms with E-state index in [1.54, 1.807) is 18.7 Å². The molecule has 0 bridgehead atoms. The molecular formula is C13H24N4O3. The molecule has 3 amide bonds. The Morgan fingerprint density at radius 2 is 2.05 bits per heavy atom. The Morgan fingerprint density at radius 3 is 2.55 bits per heavy atom. The average molecular weight is 285 g/mol. The van der Waals surface area contributed by atoms with Crippen LogP contribution in [-0.2, 0) is 14.4 Å². The summed E-state index contributed by atoms with van der Waals surface area (Å²) in [5.74, 6) is -2.36. The van der Waals surface area contributed by atoms with E-state index in [4.69, 9.17) is 12.8 Å². The van der Waals surface area contributed by atoms with Gasteiger partial charge in [0.1, 0.15) is 0 Å². The van der Waals surface area contributed by atoms with Gasteiger partial charge in [-0.2, -0.15) is 0 Å². The summed E-state index contributed by atoms with van der Waals surface area (Å²) in [4.78, 5) is 36.3. The summed E-state index contributed by atoms with van der Waals surface area (Å²) in [6, 6.07) is -1.17. The minimum Gasteiger partial charge on any atom is -0.368 e.